The number of hydrogen-bond acceptors (Lipinski definition) is 6. The topological polar surface area (TPSA) is 116 Å². The number of aliphatic carboxylic acids is 1. The second-order valence-electron chi connectivity index (χ2n) is 6.85. The number of β-lactam (4-membered cyclic amide) rings is 1. The fourth-order valence-corrected chi connectivity index (χ4v) is 4.94. The number of ether oxygens (including phenoxy) is 1. The average molecular weight is 392 g/mol. The number of phenols is 1. The van der Waals surface area contributed by atoms with Crippen LogP contribution in [0.2, 0.25) is 0 Å². The van der Waals surface area contributed by atoms with E-state index in [-0.39, 0.29) is 16.9 Å². The van der Waals surface area contributed by atoms with Gasteiger partial charge in [0.05, 0.1) is 7.11 Å². The summed E-state index contributed by atoms with van der Waals surface area (Å²) in [7, 11) is 1.42. The van der Waals surface area contributed by atoms with Gasteiger partial charge < -0.3 is 25.2 Å². The Morgan fingerprint density at radius 3 is 2.70 bits per heavy atom. The summed E-state index contributed by atoms with van der Waals surface area (Å²) in [4.78, 5) is 37.3. The first-order chi connectivity index (χ1) is 12.7. The summed E-state index contributed by atoms with van der Waals surface area (Å²) in [5.41, 5.74) is 0.642. The normalized spacial score (nSPS) is 25.8. The number of benzene rings is 1. The molecule has 2 aliphatic heterocycles. The van der Waals surface area contributed by atoms with Crippen LogP contribution in [0, 0.1) is 0 Å². The largest absolute Gasteiger partial charge is 0.504 e. The molecule has 9 heteroatoms. The third-order valence-corrected chi connectivity index (χ3v) is 6.18. The van der Waals surface area contributed by atoms with Gasteiger partial charge in [0.1, 0.15) is 17.5 Å². The van der Waals surface area contributed by atoms with Gasteiger partial charge in [-0.05, 0) is 37.6 Å². The first-order valence-corrected chi connectivity index (χ1v) is 9.12. The highest BCUT2D eigenvalue weighted by Crippen LogP contribution is 2.50. The number of carbonyl (C=O) groups excluding carboxylic acids is 2. The van der Waals surface area contributed by atoms with E-state index < -0.39 is 34.6 Å². The molecule has 27 heavy (non-hydrogen) atoms. The van der Waals surface area contributed by atoms with Gasteiger partial charge in [-0.1, -0.05) is 6.07 Å². The van der Waals surface area contributed by atoms with E-state index in [1.54, 1.807) is 26.0 Å². The molecule has 3 rings (SSSR count). The van der Waals surface area contributed by atoms with Gasteiger partial charge in [0, 0.05) is 10.8 Å². The maximum absolute atomic E-state index is 12.3. The summed E-state index contributed by atoms with van der Waals surface area (Å²) in [6.45, 7) is 3.55. The molecule has 2 heterocycles. The highest BCUT2D eigenvalue weighted by Gasteiger charge is 2.64. The summed E-state index contributed by atoms with van der Waals surface area (Å²) >= 11 is 1.37. The molecule has 0 spiro atoms. The van der Waals surface area contributed by atoms with E-state index in [1.165, 1.54) is 42.0 Å². The van der Waals surface area contributed by atoms with Gasteiger partial charge >= 0.3 is 5.97 Å². The van der Waals surface area contributed by atoms with Gasteiger partial charge in [-0.25, -0.2) is 4.79 Å². The van der Waals surface area contributed by atoms with Crippen molar-refractivity contribution in [1.29, 1.82) is 0 Å². The van der Waals surface area contributed by atoms with Crippen LogP contribution in [0.15, 0.2) is 24.3 Å². The van der Waals surface area contributed by atoms with Gasteiger partial charge in [0.15, 0.2) is 11.5 Å². The van der Waals surface area contributed by atoms with E-state index >= 15 is 0 Å². The molecule has 0 radical (unpaired) electrons. The number of carboxylic acids is 1. The minimum absolute atomic E-state index is 0.00637. The smallest absolute Gasteiger partial charge is 0.327 e. The minimum Gasteiger partial charge on any atom is -0.504 e. The van der Waals surface area contributed by atoms with Crippen LogP contribution in [0.5, 0.6) is 11.5 Å². The number of thioether (sulfide) groups is 1. The number of rotatable bonds is 5. The Morgan fingerprint density at radius 1 is 1.37 bits per heavy atom. The lowest BCUT2D eigenvalue weighted by atomic mass is 9.96. The Morgan fingerprint density at radius 2 is 2.07 bits per heavy atom. The molecule has 3 atom stereocenters. The maximum Gasteiger partial charge on any atom is 0.327 e. The van der Waals surface area contributed by atoms with Crippen molar-refractivity contribution in [2.24, 2.45) is 0 Å². The SMILES string of the molecule is COc1cc(/C=C\C(=O)N[C@@H]2C(=O)N3[C@H]2SC(C)(C)[C@H]3C(=O)O)ccc1O. The number of carbonyl (C=O) groups is 3. The molecule has 2 fully saturated rings. The number of carboxylic acid groups (broad SMARTS) is 1. The molecule has 0 bridgehead atoms. The first kappa shape index (κ1) is 19.1. The zero-order valence-electron chi connectivity index (χ0n) is 15.0. The van der Waals surface area contributed by atoms with Crippen LogP contribution in [-0.4, -0.2) is 62.2 Å². The molecule has 0 aromatic heterocycles. The second kappa shape index (κ2) is 6.80. The van der Waals surface area contributed by atoms with Gasteiger partial charge in [-0.3, -0.25) is 9.59 Å². The van der Waals surface area contributed by atoms with Gasteiger partial charge in [0.2, 0.25) is 11.8 Å². The van der Waals surface area contributed by atoms with Crippen LogP contribution in [0.4, 0.5) is 0 Å². The third-order valence-electron chi connectivity index (χ3n) is 4.60. The van der Waals surface area contributed by atoms with Gasteiger partial charge in [-0.15, -0.1) is 11.8 Å². The third kappa shape index (κ3) is 3.34. The number of nitrogens with zero attached hydrogens (tertiary/aromatic N) is 1. The van der Waals surface area contributed by atoms with Crippen LogP contribution >= 0.6 is 11.8 Å². The zero-order chi connectivity index (χ0) is 19.9. The lowest BCUT2D eigenvalue weighted by Crippen LogP contribution is -2.70. The summed E-state index contributed by atoms with van der Waals surface area (Å²) in [6.07, 6.45) is 2.81. The summed E-state index contributed by atoms with van der Waals surface area (Å²) < 4.78 is 4.37. The van der Waals surface area contributed by atoms with E-state index in [1.807, 2.05) is 0 Å². The Kier molecular flexibility index (Phi) is 4.81. The van der Waals surface area contributed by atoms with E-state index in [4.69, 9.17) is 4.74 Å². The number of amides is 2. The predicted molar refractivity (Wildman–Crippen MR) is 99.4 cm³/mol. The summed E-state index contributed by atoms with van der Waals surface area (Å²) in [6, 6.07) is 2.98. The van der Waals surface area contributed by atoms with Crippen LogP contribution in [0.3, 0.4) is 0 Å². The molecular weight excluding hydrogens is 372 g/mol. The summed E-state index contributed by atoms with van der Waals surface area (Å²) in [5.74, 6) is -1.62. The lowest BCUT2D eigenvalue weighted by Gasteiger charge is -2.43. The monoisotopic (exact) mass is 392 g/mol. The molecule has 144 valence electrons. The molecule has 3 N–H and O–H groups in total. The minimum atomic E-state index is -1.05. The standard InChI is InChI=1S/C18H20N2O6S/c1-18(2)14(17(24)25)20-15(23)13(16(20)27-18)19-12(22)7-5-9-4-6-10(21)11(8-9)26-3/h4-8,13-14,16,21H,1-3H3,(H,19,22)(H,24,25)/b7-5-/t13-,14-,16+/m1/s1. The van der Waals surface area contributed by atoms with E-state index in [9.17, 15) is 24.6 Å². The Balaban J connectivity index is 1.66. The Labute approximate surface area is 160 Å². The number of fused-ring (bicyclic) bond motifs is 1. The first-order valence-electron chi connectivity index (χ1n) is 8.24. The molecule has 1 aromatic rings. The average Bonchev–Trinajstić information content (AvgIpc) is 2.87. The number of aromatic hydroxyl groups is 1. The molecule has 0 aliphatic carbocycles. The maximum atomic E-state index is 12.3. The number of nitrogens with one attached hydrogen (secondary N) is 1. The van der Waals surface area contributed by atoms with Crippen molar-refractivity contribution in [3.8, 4) is 11.5 Å². The van der Waals surface area contributed by atoms with Crippen LogP contribution in [-0.2, 0) is 14.4 Å². The lowest BCUT2D eigenvalue weighted by molar-refractivity contribution is -0.160. The highest BCUT2D eigenvalue weighted by molar-refractivity contribution is 8.01. The quantitative estimate of drug-likeness (QED) is 0.506. The van der Waals surface area contributed by atoms with E-state index in [0.29, 0.717) is 5.56 Å². The van der Waals surface area contributed by atoms with Crippen molar-refractivity contribution >= 4 is 35.6 Å². The molecular formula is C18H20N2O6S. The van der Waals surface area contributed by atoms with E-state index in [2.05, 4.69) is 5.32 Å². The fourth-order valence-electron chi connectivity index (χ4n) is 3.32. The van der Waals surface area contributed by atoms with Crippen molar-refractivity contribution in [3.05, 3.63) is 29.8 Å². The predicted octanol–water partition coefficient (Wildman–Crippen LogP) is 1.05. The number of phenolic OH excluding ortho intramolecular Hbond substituents is 1. The molecule has 8 nitrogen and oxygen atoms in total. The Bertz CT molecular complexity index is 837. The number of hydrogen-bond donors (Lipinski definition) is 3. The van der Waals surface area contributed by atoms with Crippen molar-refractivity contribution < 1.29 is 29.3 Å². The highest BCUT2D eigenvalue weighted by atomic mass is 32.2. The fraction of sp³-hybridized carbons (Fsp3) is 0.389. The zero-order valence-corrected chi connectivity index (χ0v) is 15.8. The van der Waals surface area contributed by atoms with Gasteiger partial charge in [-0.2, -0.15) is 0 Å². The molecule has 2 amide bonds. The van der Waals surface area contributed by atoms with Crippen molar-refractivity contribution in [1.82, 2.24) is 10.2 Å². The van der Waals surface area contributed by atoms with Crippen molar-refractivity contribution in [2.75, 3.05) is 7.11 Å². The van der Waals surface area contributed by atoms with Crippen LogP contribution in [0.25, 0.3) is 6.08 Å². The van der Waals surface area contributed by atoms with Crippen molar-refractivity contribution in [2.45, 2.75) is 36.1 Å². The van der Waals surface area contributed by atoms with E-state index in [0.717, 1.165) is 0 Å². The molecule has 2 saturated heterocycles. The van der Waals surface area contributed by atoms with Crippen LogP contribution in [0.1, 0.15) is 19.4 Å². The molecule has 0 saturated carbocycles. The molecule has 1 aromatic carbocycles. The Hall–Kier alpha value is -2.68. The second-order valence-corrected chi connectivity index (χ2v) is 8.62. The summed E-state index contributed by atoms with van der Waals surface area (Å²) in [5, 5.41) is 21.2. The van der Waals surface area contributed by atoms with Crippen molar-refractivity contribution in [3.63, 3.8) is 0 Å². The van der Waals surface area contributed by atoms with Gasteiger partial charge in [0.25, 0.3) is 0 Å². The van der Waals surface area contributed by atoms with Crippen LogP contribution < -0.4 is 10.1 Å². The molecule has 2 aliphatic rings. The number of methoxy groups -OCH3 is 1. The molecule has 0 unspecified atom stereocenters.